The Morgan fingerprint density at radius 2 is 2.38 bits per heavy atom. The van der Waals surface area contributed by atoms with E-state index in [1.807, 2.05) is 6.07 Å². The maximum absolute atomic E-state index is 10.6. The molecule has 0 aliphatic carbocycles. The first-order valence-corrected chi connectivity index (χ1v) is 5.08. The highest BCUT2D eigenvalue weighted by Gasteiger charge is 2.02. The zero-order valence-corrected chi connectivity index (χ0v) is 9.54. The topological polar surface area (TPSA) is 62.1 Å². The summed E-state index contributed by atoms with van der Waals surface area (Å²) in [4.78, 5) is 10.6. The van der Waals surface area contributed by atoms with Crippen molar-refractivity contribution in [3.63, 3.8) is 0 Å². The van der Waals surface area contributed by atoms with Crippen LogP contribution in [-0.2, 0) is 4.79 Å². The first kappa shape index (κ1) is 12.3. The number of nitrogens with zero attached hydrogens (tertiary/aromatic N) is 1. The highest BCUT2D eigenvalue weighted by atomic mass is 35.5. The van der Waals surface area contributed by atoms with Crippen LogP contribution in [0.4, 0.5) is 0 Å². The largest absolute Gasteiger partial charge is 0.490 e. The van der Waals surface area contributed by atoms with Crippen LogP contribution in [0.1, 0.15) is 12.5 Å². The summed E-state index contributed by atoms with van der Waals surface area (Å²) in [6, 6.07) is 6.78. The van der Waals surface area contributed by atoms with Crippen LogP contribution in [0.25, 0.3) is 0 Å². The van der Waals surface area contributed by atoms with Gasteiger partial charge < -0.3 is 10.1 Å². The van der Waals surface area contributed by atoms with Gasteiger partial charge in [0.1, 0.15) is 12.4 Å². The van der Waals surface area contributed by atoms with Gasteiger partial charge in [0.05, 0.1) is 23.2 Å². The molecule has 1 N–H and O–H groups in total. The number of ether oxygens (including phenoxy) is 1. The van der Waals surface area contributed by atoms with Crippen molar-refractivity contribution in [2.24, 2.45) is 0 Å². The minimum absolute atomic E-state index is 0.102. The van der Waals surface area contributed by atoms with Crippen LogP contribution in [0.3, 0.4) is 0 Å². The molecule has 0 bridgehead atoms. The number of rotatable bonds is 4. The van der Waals surface area contributed by atoms with Crippen molar-refractivity contribution in [1.82, 2.24) is 5.32 Å². The Kier molecular flexibility index (Phi) is 4.62. The van der Waals surface area contributed by atoms with Gasteiger partial charge in [0.15, 0.2) is 0 Å². The molecule has 0 aliphatic rings. The van der Waals surface area contributed by atoms with Crippen LogP contribution < -0.4 is 10.1 Å². The fourth-order valence-electron chi connectivity index (χ4n) is 1.08. The van der Waals surface area contributed by atoms with Gasteiger partial charge in [-0.3, -0.25) is 4.79 Å². The molecule has 0 fully saturated rings. The Bertz CT molecular complexity index is 426. The molecule has 0 saturated carbocycles. The SMILES string of the molecule is CC(=O)NCCOc1ccc(C#N)cc1Cl. The number of nitriles is 1. The van der Waals surface area contributed by atoms with E-state index in [2.05, 4.69) is 5.32 Å². The first-order chi connectivity index (χ1) is 7.63. The lowest BCUT2D eigenvalue weighted by atomic mass is 10.2. The lowest BCUT2D eigenvalue weighted by molar-refractivity contribution is -0.119. The molecule has 5 heteroatoms. The summed E-state index contributed by atoms with van der Waals surface area (Å²) in [5.74, 6) is 0.403. The molecule has 0 atom stereocenters. The van der Waals surface area contributed by atoms with Gasteiger partial charge >= 0.3 is 0 Å². The highest BCUT2D eigenvalue weighted by molar-refractivity contribution is 6.32. The quantitative estimate of drug-likeness (QED) is 0.813. The third-order valence-electron chi connectivity index (χ3n) is 1.79. The Hall–Kier alpha value is -1.73. The van der Waals surface area contributed by atoms with Crippen LogP contribution in [-0.4, -0.2) is 19.1 Å². The number of hydrogen-bond acceptors (Lipinski definition) is 3. The van der Waals surface area contributed by atoms with Gasteiger partial charge in [-0.1, -0.05) is 11.6 Å². The van der Waals surface area contributed by atoms with Crippen LogP contribution in [0.2, 0.25) is 5.02 Å². The molecular weight excluding hydrogens is 228 g/mol. The third kappa shape index (κ3) is 3.79. The molecule has 1 aromatic carbocycles. The fraction of sp³-hybridized carbons (Fsp3) is 0.273. The van der Waals surface area contributed by atoms with E-state index in [1.54, 1.807) is 12.1 Å². The molecule has 0 saturated heterocycles. The van der Waals surface area contributed by atoms with Gasteiger partial charge in [0, 0.05) is 6.92 Å². The smallest absolute Gasteiger partial charge is 0.216 e. The summed E-state index contributed by atoms with van der Waals surface area (Å²) in [5, 5.41) is 11.6. The lowest BCUT2D eigenvalue weighted by Crippen LogP contribution is -2.25. The van der Waals surface area contributed by atoms with E-state index in [-0.39, 0.29) is 5.91 Å². The van der Waals surface area contributed by atoms with Crippen molar-refractivity contribution in [1.29, 1.82) is 5.26 Å². The molecule has 16 heavy (non-hydrogen) atoms. The molecule has 1 rings (SSSR count). The molecule has 0 aliphatic heterocycles. The van der Waals surface area contributed by atoms with Gasteiger partial charge in [-0.15, -0.1) is 0 Å². The number of nitrogens with one attached hydrogen (secondary N) is 1. The van der Waals surface area contributed by atoms with E-state index in [1.165, 1.54) is 13.0 Å². The Morgan fingerprint density at radius 3 is 2.94 bits per heavy atom. The zero-order chi connectivity index (χ0) is 12.0. The summed E-state index contributed by atoms with van der Waals surface area (Å²) in [6.07, 6.45) is 0. The van der Waals surface area contributed by atoms with Crippen LogP contribution in [0.5, 0.6) is 5.75 Å². The van der Waals surface area contributed by atoms with Crippen molar-refractivity contribution in [2.75, 3.05) is 13.2 Å². The average molecular weight is 239 g/mol. The molecular formula is C11H11ClN2O2. The summed E-state index contributed by atoms with van der Waals surface area (Å²) in [6.45, 7) is 2.20. The molecule has 0 aromatic heterocycles. The second kappa shape index (κ2) is 5.99. The van der Waals surface area contributed by atoms with Crippen molar-refractivity contribution < 1.29 is 9.53 Å². The molecule has 1 aromatic rings. The van der Waals surface area contributed by atoms with Crippen LogP contribution >= 0.6 is 11.6 Å². The lowest BCUT2D eigenvalue weighted by Gasteiger charge is -2.08. The summed E-state index contributed by atoms with van der Waals surface area (Å²) < 4.78 is 5.33. The van der Waals surface area contributed by atoms with Crippen LogP contribution in [0, 0.1) is 11.3 Å². The Morgan fingerprint density at radius 1 is 1.62 bits per heavy atom. The molecule has 0 spiro atoms. The fourth-order valence-corrected chi connectivity index (χ4v) is 1.31. The third-order valence-corrected chi connectivity index (χ3v) is 2.09. The molecule has 84 valence electrons. The number of hydrogen-bond donors (Lipinski definition) is 1. The first-order valence-electron chi connectivity index (χ1n) is 4.70. The second-order valence-electron chi connectivity index (χ2n) is 3.09. The molecule has 0 unspecified atom stereocenters. The summed E-state index contributed by atoms with van der Waals surface area (Å²) >= 11 is 5.89. The maximum atomic E-state index is 10.6. The van der Waals surface area contributed by atoms with Crippen molar-refractivity contribution in [3.8, 4) is 11.8 Å². The zero-order valence-electron chi connectivity index (χ0n) is 8.79. The number of halogens is 1. The minimum Gasteiger partial charge on any atom is -0.490 e. The van der Waals surface area contributed by atoms with Crippen molar-refractivity contribution >= 4 is 17.5 Å². The van der Waals surface area contributed by atoms with Gasteiger partial charge in [-0.05, 0) is 18.2 Å². The van der Waals surface area contributed by atoms with Crippen LogP contribution in [0.15, 0.2) is 18.2 Å². The normalized spacial score (nSPS) is 9.31. The van der Waals surface area contributed by atoms with Gasteiger partial charge in [0.25, 0.3) is 0 Å². The summed E-state index contributed by atoms with van der Waals surface area (Å²) in [7, 11) is 0. The van der Waals surface area contributed by atoms with Crippen molar-refractivity contribution in [2.45, 2.75) is 6.92 Å². The maximum Gasteiger partial charge on any atom is 0.216 e. The van der Waals surface area contributed by atoms with Crippen molar-refractivity contribution in [3.05, 3.63) is 28.8 Å². The van der Waals surface area contributed by atoms with E-state index < -0.39 is 0 Å². The Balaban J connectivity index is 2.49. The second-order valence-corrected chi connectivity index (χ2v) is 3.50. The highest BCUT2D eigenvalue weighted by Crippen LogP contribution is 2.24. The number of carbonyl (C=O) groups is 1. The monoisotopic (exact) mass is 238 g/mol. The molecule has 0 radical (unpaired) electrons. The number of benzene rings is 1. The van der Waals surface area contributed by atoms with Gasteiger partial charge in [-0.25, -0.2) is 0 Å². The van der Waals surface area contributed by atoms with Gasteiger partial charge in [-0.2, -0.15) is 5.26 Å². The standard InChI is InChI=1S/C11H11ClN2O2/c1-8(15)14-4-5-16-11-3-2-9(7-13)6-10(11)12/h2-3,6H,4-5H2,1H3,(H,14,15). The number of carbonyl (C=O) groups excluding carboxylic acids is 1. The molecule has 1 amide bonds. The van der Waals surface area contributed by atoms with E-state index in [9.17, 15) is 4.79 Å². The predicted octanol–water partition coefficient (Wildman–Crippen LogP) is 1.73. The minimum atomic E-state index is -0.102. The van der Waals surface area contributed by atoms with E-state index in [0.29, 0.717) is 29.5 Å². The number of amides is 1. The Labute approximate surface area is 98.8 Å². The predicted molar refractivity (Wildman–Crippen MR) is 60.3 cm³/mol. The summed E-state index contributed by atoms with van der Waals surface area (Å²) in [5.41, 5.74) is 0.485. The van der Waals surface area contributed by atoms with E-state index >= 15 is 0 Å². The van der Waals surface area contributed by atoms with E-state index in [4.69, 9.17) is 21.6 Å². The average Bonchev–Trinajstić information content (AvgIpc) is 2.25. The van der Waals surface area contributed by atoms with E-state index in [0.717, 1.165) is 0 Å². The molecule has 0 heterocycles. The molecule has 4 nitrogen and oxygen atoms in total. The van der Waals surface area contributed by atoms with Gasteiger partial charge in [0.2, 0.25) is 5.91 Å².